The minimum absolute atomic E-state index is 0.183. The number of aryl methyl sites for hydroxylation is 1. The minimum atomic E-state index is 0.183. The van der Waals surface area contributed by atoms with Gasteiger partial charge in [0.05, 0.1) is 19.0 Å². The SMILES string of the molecule is Cc1cccc(CC(=O)N2CCN(CC#N)CC2)c1. The van der Waals surface area contributed by atoms with Crippen LogP contribution in [-0.2, 0) is 11.2 Å². The van der Waals surface area contributed by atoms with Crippen molar-refractivity contribution in [2.45, 2.75) is 13.3 Å². The van der Waals surface area contributed by atoms with Gasteiger partial charge in [0.2, 0.25) is 5.91 Å². The highest BCUT2D eigenvalue weighted by Gasteiger charge is 2.20. The molecule has 2 rings (SSSR count). The van der Waals surface area contributed by atoms with E-state index in [-0.39, 0.29) is 5.91 Å². The number of hydrogen-bond donors (Lipinski definition) is 0. The third kappa shape index (κ3) is 3.80. The van der Waals surface area contributed by atoms with Gasteiger partial charge in [-0.25, -0.2) is 0 Å². The lowest BCUT2D eigenvalue weighted by Crippen LogP contribution is -2.49. The predicted octanol–water partition coefficient (Wildman–Crippen LogP) is 1.21. The van der Waals surface area contributed by atoms with Crippen LogP contribution in [0.25, 0.3) is 0 Å². The van der Waals surface area contributed by atoms with Crippen molar-refractivity contribution in [3.8, 4) is 6.07 Å². The summed E-state index contributed by atoms with van der Waals surface area (Å²) in [5.74, 6) is 0.183. The second kappa shape index (κ2) is 6.35. The molecule has 1 aliphatic heterocycles. The minimum Gasteiger partial charge on any atom is -0.340 e. The van der Waals surface area contributed by atoms with Crippen molar-refractivity contribution in [2.75, 3.05) is 32.7 Å². The van der Waals surface area contributed by atoms with Gasteiger partial charge < -0.3 is 4.90 Å². The summed E-state index contributed by atoms with van der Waals surface area (Å²) in [7, 11) is 0. The van der Waals surface area contributed by atoms with Gasteiger partial charge in [-0.3, -0.25) is 9.69 Å². The van der Waals surface area contributed by atoms with Crippen molar-refractivity contribution in [1.29, 1.82) is 5.26 Å². The van der Waals surface area contributed by atoms with Crippen LogP contribution >= 0.6 is 0 Å². The molecule has 1 heterocycles. The highest BCUT2D eigenvalue weighted by Crippen LogP contribution is 2.08. The molecule has 1 aromatic rings. The van der Waals surface area contributed by atoms with Gasteiger partial charge >= 0.3 is 0 Å². The lowest BCUT2D eigenvalue weighted by molar-refractivity contribution is -0.132. The summed E-state index contributed by atoms with van der Waals surface area (Å²) in [5.41, 5.74) is 2.26. The number of carbonyl (C=O) groups excluding carboxylic acids is 1. The van der Waals surface area contributed by atoms with E-state index in [2.05, 4.69) is 17.0 Å². The number of carbonyl (C=O) groups is 1. The van der Waals surface area contributed by atoms with E-state index in [1.165, 1.54) is 5.56 Å². The highest BCUT2D eigenvalue weighted by molar-refractivity contribution is 5.78. The summed E-state index contributed by atoms with van der Waals surface area (Å²) >= 11 is 0. The number of nitrogens with zero attached hydrogens (tertiary/aromatic N) is 3. The zero-order valence-electron chi connectivity index (χ0n) is 11.3. The molecule has 0 atom stereocenters. The van der Waals surface area contributed by atoms with E-state index in [1.807, 2.05) is 30.0 Å². The first kappa shape index (κ1) is 13.6. The van der Waals surface area contributed by atoms with E-state index in [9.17, 15) is 4.79 Å². The van der Waals surface area contributed by atoms with Crippen LogP contribution in [-0.4, -0.2) is 48.4 Å². The number of amides is 1. The average molecular weight is 257 g/mol. The first-order chi connectivity index (χ1) is 9.19. The number of rotatable bonds is 3. The monoisotopic (exact) mass is 257 g/mol. The Balaban J connectivity index is 1.86. The van der Waals surface area contributed by atoms with E-state index in [4.69, 9.17) is 5.26 Å². The summed E-state index contributed by atoms with van der Waals surface area (Å²) in [4.78, 5) is 16.2. The molecule has 0 radical (unpaired) electrons. The van der Waals surface area contributed by atoms with E-state index in [1.54, 1.807) is 0 Å². The van der Waals surface area contributed by atoms with E-state index < -0.39 is 0 Å². The van der Waals surface area contributed by atoms with Crippen LogP contribution in [0.1, 0.15) is 11.1 Å². The lowest BCUT2D eigenvalue weighted by atomic mass is 10.1. The molecule has 4 nitrogen and oxygen atoms in total. The Bertz CT molecular complexity index is 484. The van der Waals surface area contributed by atoms with Crippen LogP contribution in [0.4, 0.5) is 0 Å². The first-order valence-electron chi connectivity index (χ1n) is 6.61. The second-order valence-corrected chi connectivity index (χ2v) is 4.98. The fourth-order valence-electron chi connectivity index (χ4n) is 2.36. The summed E-state index contributed by atoms with van der Waals surface area (Å²) in [5, 5.41) is 8.64. The van der Waals surface area contributed by atoms with Gasteiger partial charge in [0.25, 0.3) is 0 Å². The second-order valence-electron chi connectivity index (χ2n) is 4.98. The topological polar surface area (TPSA) is 47.3 Å². The van der Waals surface area contributed by atoms with E-state index in [0.717, 1.165) is 31.7 Å². The molecule has 0 saturated carbocycles. The van der Waals surface area contributed by atoms with Crippen molar-refractivity contribution in [2.24, 2.45) is 0 Å². The zero-order chi connectivity index (χ0) is 13.7. The van der Waals surface area contributed by atoms with Crippen LogP contribution < -0.4 is 0 Å². The Morgan fingerprint density at radius 3 is 2.68 bits per heavy atom. The fourth-order valence-corrected chi connectivity index (χ4v) is 2.36. The maximum atomic E-state index is 12.2. The predicted molar refractivity (Wildman–Crippen MR) is 73.5 cm³/mol. The normalized spacial score (nSPS) is 16.1. The number of hydrogen-bond acceptors (Lipinski definition) is 3. The summed E-state index contributed by atoms with van der Waals surface area (Å²) in [6.45, 7) is 5.55. The molecule has 0 aromatic heterocycles. The standard InChI is InChI=1S/C15H19N3O/c1-13-3-2-4-14(11-13)12-15(19)18-9-7-17(6-5-16)8-10-18/h2-4,11H,6-10,12H2,1H3. The molecule has 1 saturated heterocycles. The van der Waals surface area contributed by atoms with Crippen LogP contribution in [0.3, 0.4) is 0 Å². The molecule has 1 aliphatic rings. The van der Waals surface area contributed by atoms with Crippen molar-refractivity contribution in [3.05, 3.63) is 35.4 Å². The molecule has 100 valence electrons. The van der Waals surface area contributed by atoms with Gasteiger partial charge in [-0.15, -0.1) is 0 Å². The molecule has 19 heavy (non-hydrogen) atoms. The van der Waals surface area contributed by atoms with Gasteiger partial charge in [-0.2, -0.15) is 5.26 Å². The van der Waals surface area contributed by atoms with Crippen molar-refractivity contribution in [3.63, 3.8) is 0 Å². The molecular formula is C15H19N3O. The molecule has 1 aromatic carbocycles. The molecule has 0 bridgehead atoms. The van der Waals surface area contributed by atoms with Gasteiger partial charge in [0.1, 0.15) is 0 Å². The average Bonchev–Trinajstić information content (AvgIpc) is 2.40. The quantitative estimate of drug-likeness (QED) is 0.765. The zero-order valence-corrected chi connectivity index (χ0v) is 11.3. The van der Waals surface area contributed by atoms with E-state index >= 15 is 0 Å². The summed E-state index contributed by atoms with van der Waals surface area (Å²) in [6, 6.07) is 10.2. The smallest absolute Gasteiger partial charge is 0.227 e. The first-order valence-corrected chi connectivity index (χ1v) is 6.61. The van der Waals surface area contributed by atoms with Crippen LogP contribution in [0.15, 0.2) is 24.3 Å². The molecule has 0 aliphatic carbocycles. The largest absolute Gasteiger partial charge is 0.340 e. The van der Waals surface area contributed by atoms with Crippen molar-refractivity contribution >= 4 is 5.91 Å². The van der Waals surface area contributed by atoms with E-state index in [0.29, 0.717) is 13.0 Å². The number of nitriles is 1. The Kier molecular flexibility index (Phi) is 4.53. The Morgan fingerprint density at radius 1 is 1.32 bits per heavy atom. The molecule has 0 N–H and O–H groups in total. The summed E-state index contributed by atoms with van der Waals surface area (Å²) in [6.07, 6.45) is 0.472. The Labute approximate surface area is 114 Å². The maximum absolute atomic E-state index is 12.2. The maximum Gasteiger partial charge on any atom is 0.227 e. The summed E-state index contributed by atoms with van der Waals surface area (Å²) < 4.78 is 0. The number of benzene rings is 1. The third-order valence-corrected chi connectivity index (χ3v) is 3.46. The molecule has 0 spiro atoms. The molecule has 1 fully saturated rings. The van der Waals surface area contributed by atoms with Gasteiger partial charge in [-0.1, -0.05) is 29.8 Å². The Hall–Kier alpha value is -1.86. The molecular weight excluding hydrogens is 238 g/mol. The van der Waals surface area contributed by atoms with Crippen LogP contribution in [0.2, 0.25) is 0 Å². The molecule has 4 heteroatoms. The highest BCUT2D eigenvalue weighted by atomic mass is 16.2. The van der Waals surface area contributed by atoms with Crippen LogP contribution in [0, 0.1) is 18.3 Å². The van der Waals surface area contributed by atoms with Crippen LogP contribution in [0.5, 0.6) is 0 Å². The number of piperazine rings is 1. The van der Waals surface area contributed by atoms with Gasteiger partial charge in [0.15, 0.2) is 0 Å². The Morgan fingerprint density at radius 2 is 2.05 bits per heavy atom. The van der Waals surface area contributed by atoms with Crippen molar-refractivity contribution < 1.29 is 4.79 Å². The van der Waals surface area contributed by atoms with Crippen molar-refractivity contribution in [1.82, 2.24) is 9.80 Å². The third-order valence-electron chi connectivity index (χ3n) is 3.46. The molecule has 1 amide bonds. The fraction of sp³-hybridized carbons (Fsp3) is 0.467. The van der Waals surface area contributed by atoms with Gasteiger partial charge in [-0.05, 0) is 12.5 Å². The van der Waals surface area contributed by atoms with Gasteiger partial charge in [0, 0.05) is 26.2 Å². The lowest BCUT2D eigenvalue weighted by Gasteiger charge is -2.33. The molecule has 0 unspecified atom stereocenters.